The number of hydrogen-bond donors (Lipinski definition) is 3. The number of benzene rings is 1. The van der Waals surface area contributed by atoms with Gasteiger partial charge in [-0.3, -0.25) is 0 Å². The number of aromatic nitrogens is 4. The summed E-state index contributed by atoms with van der Waals surface area (Å²) in [5.41, 5.74) is 1.81. The molecule has 1 aliphatic rings. The number of amides is 1. The van der Waals surface area contributed by atoms with E-state index in [2.05, 4.69) is 20.6 Å². The summed E-state index contributed by atoms with van der Waals surface area (Å²) in [6.45, 7) is 1.94. The molecule has 9 nitrogen and oxygen atoms in total. The van der Waals surface area contributed by atoms with Gasteiger partial charge in [-0.25, -0.2) is 19.7 Å². The third-order valence-electron chi connectivity index (χ3n) is 5.59. The van der Waals surface area contributed by atoms with Crippen LogP contribution in [0.3, 0.4) is 0 Å². The van der Waals surface area contributed by atoms with Crippen LogP contribution in [-0.4, -0.2) is 50.3 Å². The molecule has 0 atom stereocenters. The number of rotatable bonds is 6. The summed E-state index contributed by atoms with van der Waals surface area (Å²) in [4.78, 5) is 31.1. The van der Waals surface area contributed by atoms with Gasteiger partial charge >= 0.3 is 6.09 Å². The van der Waals surface area contributed by atoms with Crippen molar-refractivity contribution in [1.82, 2.24) is 25.3 Å². The van der Waals surface area contributed by atoms with E-state index in [0.717, 1.165) is 48.6 Å². The zero-order valence-corrected chi connectivity index (χ0v) is 18.2. The van der Waals surface area contributed by atoms with Crippen molar-refractivity contribution in [2.45, 2.75) is 44.7 Å². The molecule has 166 valence electrons. The van der Waals surface area contributed by atoms with Crippen molar-refractivity contribution in [1.29, 1.82) is 0 Å². The van der Waals surface area contributed by atoms with Crippen LogP contribution in [0.2, 0.25) is 0 Å². The van der Waals surface area contributed by atoms with E-state index in [4.69, 9.17) is 15.1 Å². The highest BCUT2D eigenvalue weighted by molar-refractivity contribution is 5.65. The fourth-order valence-electron chi connectivity index (χ4n) is 3.91. The van der Waals surface area contributed by atoms with E-state index in [-0.39, 0.29) is 12.1 Å². The number of carboxylic acid groups (broad SMARTS) is 1. The minimum atomic E-state index is -0.962. The van der Waals surface area contributed by atoms with Gasteiger partial charge in [-0.2, -0.15) is 4.98 Å². The monoisotopic (exact) mass is 433 g/mol. The van der Waals surface area contributed by atoms with Crippen molar-refractivity contribution >= 4 is 23.7 Å². The highest BCUT2D eigenvalue weighted by Gasteiger charge is 2.23. The molecule has 32 heavy (non-hydrogen) atoms. The van der Waals surface area contributed by atoms with Crippen LogP contribution in [0.15, 0.2) is 48.7 Å². The standard InChI is InChI=1S/C23H27N7O2/c1-15-14-20(29-22(25-15)26-17-8-10-18(11-9-17)27-23(31)32)30(2)19-12-13-24-21(28-19)16-6-4-3-5-7-16/h3-7,12-14,17-18,27H,8-11H2,1-2H3,(H,31,32)(H,25,26,29). The molecule has 1 aromatic carbocycles. The third kappa shape index (κ3) is 5.29. The minimum Gasteiger partial charge on any atom is -0.465 e. The maximum Gasteiger partial charge on any atom is 0.404 e. The Morgan fingerprint density at radius 3 is 2.44 bits per heavy atom. The molecule has 1 aliphatic carbocycles. The van der Waals surface area contributed by atoms with Gasteiger partial charge in [0.05, 0.1) is 0 Å². The maximum absolute atomic E-state index is 10.8. The largest absolute Gasteiger partial charge is 0.465 e. The Hall–Kier alpha value is -3.75. The number of carbonyl (C=O) groups is 1. The van der Waals surface area contributed by atoms with Gasteiger partial charge in [0.2, 0.25) is 5.95 Å². The average Bonchev–Trinajstić information content (AvgIpc) is 2.80. The lowest BCUT2D eigenvalue weighted by atomic mass is 9.91. The van der Waals surface area contributed by atoms with E-state index in [0.29, 0.717) is 11.8 Å². The van der Waals surface area contributed by atoms with E-state index >= 15 is 0 Å². The van der Waals surface area contributed by atoms with E-state index in [9.17, 15) is 4.79 Å². The molecule has 2 aromatic heterocycles. The lowest BCUT2D eigenvalue weighted by molar-refractivity contribution is 0.185. The second kappa shape index (κ2) is 9.59. The predicted octanol–water partition coefficient (Wildman–Crippen LogP) is 4.00. The number of aryl methyl sites for hydroxylation is 1. The summed E-state index contributed by atoms with van der Waals surface area (Å²) < 4.78 is 0. The van der Waals surface area contributed by atoms with E-state index in [1.54, 1.807) is 6.20 Å². The molecule has 0 bridgehead atoms. The Labute approximate surface area is 187 Å². The molecule has 1 saturated carbocycles. The predicted molar refractivity (Wildman–Crippen MR) is 123 cm³/mol. The first-order chi connectivity index (χ1) is 15.5. The van der Waals surface area contributed by atoms with Crippen molar-refractivity contribution in [3.63, 3.8) is 0 Å². The van der Waals surface area contributed by atoms with Gasteiger partial charge in [0, 0.05) is 42.7 Å². The summed E-state index contributed by atoms with van der Waals surface area (Å²) >= 11 is 0. The molecule has 0 aliphatic heterocycles. The Kier molecular flexibility index (Phi) is 6.44. The Balaban J connectivity index is 1.48. The second-order valence-corrected chi connectivity index (χ2v) is 8.00. The number of anilines is 3. The maximum atomic E-state index is 10.8. The molecule has 3 N–H and O–H groups in total. The van der Waals surface area contributed by atoms with Crippen LogP contribution in [0.1, 0.15) is 31.4 Å². The summed E-state index contributed by atoms with van der Waals surface area (Å²) in [5.74, 6) is 2.70. The zero-order chi connectivity index (χ0) is 22.5. The topological polar surface area (TPSA) is 116 Å². The van der Waals surface area contributed by atoms with E-state index in [1.807, 2.05) is 61.3 Å². The highest BCUT2D eigenvalue weighted by atomic mass is 16.4. The van der Waals surface area contributed by atoms with E-state index in [1.165, 1.54) is 0 Å². The SMILES string of the molecule is Cc1cc(N(C)c2ccnc(-c3ccccc3)n2)nc(NC2CCC(NC(=O)O)CC2)n1. The highest BCUT2D eigenvalue weighted by Crippen LogP contribution is 2.25. The lowest BCUT2D eigenvalue weighted by Crippen LogP contribution is -2.39. The Bertz CT molecular complexity index is 1070. The molecule has 1 fully saturated rings. The lowest BCUT2D eigenvalue weighted by Gasteiger charge is -2.29. The minimum absolute atomic E-state index is 0.0160. The van der Waals surface area contributed by atoms with Crippen LogP contribution in [0.4, 0.5) is 22.4 Å². The number of nitrogens with one attached hydrogen (secondary N) is 2. The molecule has 2 heterocycles. The van der Waals surface area contributed by atoms with Crippen molar-refractivity contribution in [2.75, 3.05) is 17.3 Å². The van der Waals surface area contributed by atoms with Gasteiger partial charge in [-0.1, -0.05) is 30.3 Å². The molecule has 0 saturated heterocycles. The van der Waals surface area contributed by atoms with E-state index < -0.39 is 6.09 Å². The van der Waals surface area contributed by atoms with Gasteiger partial charge in [-0.15, -0.1) is 0 Å². The fraction of sp³-hybridized carbons (Fsp3) is 0.348. The van der Waals surface area contributed by atoms with Gasteiger partial charge in [0.15, 0.2) is 5.82 Å². The quantitative estimate of drug-likeness (QED) is 0.534. The smallest absolute Gasteiger partial charge is 0.404 e. The van der Waals surface area contributed by atoms with Crippen molar-refractivity contribution in [3.05, 3.63) is 54.4 Å². The molecular weight excluding hydrogens is 406 g/mol. The van der Waals surface area contributed by atoms with Crippen molar-refractivity contribution in [3.8, 4) is 11.4 Å². The fourth-order valence-corrected chi connectivity index (χ4v) is 3.91. The van der Waals surface area contributed by atoms with Gasteiger partial charge in [0.25, 0.3) is 0 Å². The van der Waals surface area contributed by atoms with Crippen LogP contribution >= 0.6 is 0 Å². The van der Waals surface area contributed by atoms with Gasteiger partial charge in [0.1, 0.15) is 11.6 Å². The Morgan fingerprint density at radius 1 is 1.00 bits per heavy atom. The first-order valence-corrected chi connectivity index (χ1v) is 10.7. The van der Waals surface area contributed by atoms with Crippen LogP contribution in [-0.2, 0) is 0 Å². The third-order valence-corrected chi connectivity index (χ3v) is 5.59. The molecule has 0 unspecified atom stereocenters. The first-order valence-electron chi connectivity index (χ1n) is 10.7. The van der Waals surface area contributed by atoms with Gasteiger partial charge in [-0.05, 0) is 38.7 Å². The van der Waals surface area contributed by atoms with Crippen LogP contribution in [0.25, 0.3) is 11.4 Å². The molecule has 4 rings (SSSR count). The Morgan fingerprint density at radius 2 is 1.72 bits per heavy atom. The molecule has 0 radical (unpaired) electrons. The summed E-state index contributed by atoms with van der Waals surface area (Å²) in [5, 5.41) is 14.9. The van der Waals surface area contributed by atoms with Crippen molar-refractivity contribution in [2.24, 2.45) is 0 Å². The van der Waals surface area contributed by atoms with Crippen LogP contribution in [0.5, 0.6) is 0 Å². The van der Waals surface area contributed by atoms with Gasteiger partial charge < -0.3 is 20.6 Å². The van der Waals surface area contributed by atoms with Crippen molar-refractivity contribution < 1.29 is 9.90 Å². The summed E-state index contributed by atoms with van der Waals surface area (Å²) in [6.07, 6.45) is 4.10. The molecular formula is C23H27N7O2. The molecule has 0 spiro atoms. The molecule has 3 aromatic rings. The zero-order valence-electron chi connectivity index (χ0n) is 18.2. The average molecular weight is 434 g/mol. The molecule has 1 amide bonds. The normalized spacial score (nSPS) is 18.1. The summed E-state index contributed by atoms with van der Waals surface area (Å²) in [6, 6.07) is 13.9. The number of nitrogens with zero attached hydrogens (tertiary/aromatic N) is 5. The van der Waals surface area contributed by atoms with Crippen LogP contribution in [0, 0.1) is 6.92 Å². The second-order valence-electron chi connectivity index (χ2n) is 8.00. The molecule has 9 heteroatoms. The summed E-state index contributed by atoms with van der Waals surface area (Å²) in [7, 11) is 1.92. The van der Waals surface area contributed by atoms with Crippen LogP contribution < -0.4 is 15.5 Å². The number of hydrogen-bond acceptors (Lipinski definition) is 7. The first kappa shape index (κ1) is 21.5.